The number of likely N-dealkylation sites (tertiary alicyclic amines) is 1. The van der Waals surface area contributed by atoms with Crippen LogP contribution in [0.25, 0.3) is 0 Å². The highest BCUT2D eigenvalue weighted by Gasteiger charge is 2.50. The van der Waals surface area contributed by atoms with E-state index in [4.69, 9.17) is 10.2 Å². The molecule has 0 radical (unpaired) electrons. The molecule has 0 amide bonds. The lowest BCUT2D eigenvalue weighted by Gasteiger charge is -2.43. The smallest absolute Gasteiger partial charge is 0.306 e. The second-order valence-electron chi connectivity index (χ2n) is 4.69. The summed E-state index contributed by atoms with van der Waals surface area (Å²) in [5.41, 5.74) is 0.276. The molecule has 0 bridgehead atoms. The number of hydrogen-bond donors (Lipinski definition) is 2. The number of nitrogens with zero attached hydrogens (tertiary/aromatic N) is 1. The van der Waals surface area contributed by atoms with Gasteiger partial charge in [-0.2, -0.15) is 0 Å². The van der Waals surface area contributed by atoms with Gasteiger partial charge < -0.3 is 15.1 Å². The van der Waals surface area contributed by atoms with Crippen molar-refractivity contribution in [1.29, 1.82) is 0 Å². The highest BCUT2D eigenvalue weighted by atomic mass is 16.4. The molecule has 1 heterocycles. The van der Waals surface area contributed by atoms with Gasteiger partial charge in [-0.25, -0.2) is 0 Å². The van der Waals surface area contributed by atoms with Crippen molar-refractivity contribution in [3.05, 3.63) is 0 Å². The maximum absolute atomic E-state index is 10.7. The van der Waals surface area contributed by atoms with Crippen LogP contribution in [0.1, 0.15) is 19.3 Å². The fourth-order valence-electron chi connectivity index (χ4n) is 2.85. The molecule has 2 fully saturated rings. The van der Waals surface area contributed by atoms with Crippen molar-refractivity contribution >= 4 is 5.97 Å². The Morgan fingerprint density at radius 2 is 2.21 bits per heavy atom. The fraction of sp³-hybridized carbons (Fsp3) is 0.900. The molecule has 4 heteroatoms. The van der Waals surface area contributed by atoms with E-state index in [0.29, 0.717) is 0 Å². The van der Waals surface area contributed by atoms with Gasteiger partial charge in [0.2, 0.25) is 0 Å². The fourth-order valence-corrected chi connectivity index (χ4v) is 2.85. The first-order valence-corrected chi connectivity index (χ1v) is 5.21. The minimum Gasteiger partial charge on any atom is -0.481 e. The summed E-state index contributed by atoms with van der Waals surface area (Å²) in [6, 6.07) is 0. The van der Waals surface area contributed by atoms with Gasteiger partial charge in [-0.15, -0.1) is 0 Å². The molecule has 0 unspecified atom stereocenters. The van der Waals surface area contributed by atoms with Gasteiger partial charge in [0.25, 0.3) is 0 Å². The first-order chi connectivity index (χ1) is 6.65. The van der Waals surface area contributed by atoms with Gasteiger partial charge in [0, 0.05) is 13.1 Å². The Hall–Kier alpha value is -0.610. The summed E-state index contributed by atoms with van der Waals surface area (Å²) in [4.78, 5) is 12.9. The standard InChI is InChI=1S/C10H17NO3/c12-4-3-11-2-1-10(7-11)5-8(6-10)9(13)14/h8,12H,1-7H2,(H,13,14). The van der Waals surface area contributed by atoms with Gasteiger partial charge in [-0.05, 0) is 31.2 Å². The number of carboxylic acids is 1. The molecule has 1 spiro atoms. The largest absolute Gasteiger partial charge is 0.481 e. The lowest BCUT2D eigenvalue weighted by molar-refractivity contribution is -0.149. The number of rotatable bonds is 3. The zero-order chi connectivity index (χ0) is 10.2. The van der Waals surface area contributed by atoms with Crippen LogP contribution in [0.5, 0.6) is 0 Å². The van der Waals surface area contributed by atoms with E-state index in [9.17, 15) is 4.79 Å². The molecule has 0 atom stereocenters. The van der Waals surface area contributed by atoms with Crippen molar-refractivity contribution in [3.8, 4) is 0 Å². The Balaban J connectivity index is 1.82. The topological polar surface area (TPSA) is 60.8 Å². The van der Waals surface area contributed by atoms with E-state index in [-0.39, 0.29) is 17.9 Å². The zero-order valence-electron chi connectivity index (χ0n) is 8.28. The number of aliphatic hydroxyl groups excluding tert-OH is 1. The minimum atomic E-state index is -0.642. The molecule has 14 heavy (non-hydrogen) atoms. The molecule has 0 aromatic heterocycles. The van der Waals surface area contributed by atoms with Crippen LogP contribution in [-0.2, 0) is 4.79 Å². The SMILES string of the molecule is O=C(O)C1CC2(CCN(CCO)C2)C1. The summed E-state index contributed by atoms with van der Waals surface area (Å²) in [6.45, 7) is 2.95. The lowest BCUT2D eigenvalue weighted by atomic mass is 9.61. The average Bonchev–Trinajstić information content (AvgIpc) is 2.46. The van der Waals surface area contributed by atoms with Crippen LogP contribution in [0.2, 0.25) is 0 Å². The molecule has 0 aromatic rings. The number of aliphatic hydroxyl groups is 1. The molecule has 2 aliphatic rings. The van der Waals surface area contributed by atoms with E-state index >= 15 is 0 Å². The van der Waals surface area contributed by atoms with Gasteiger partial charge in [0.05, 0.1) is 12.5 Å². The summed E-state index contributed by atoms with van der Waals surface area (Å²) < 4.78 is 0. The van der Waals surface area contributed by atoms with E-state index in [1.807, 2.05) is 0 Å². The number of carboxylic acid groups (broad SMARTS) is 1. The van der Waals surface area contributed by atoms with Gasteiger partial charge in [-0.3, -0.25) is 4.79 Å². The van der Waals surface area contributed by atoms with E-state index in [1.165, 1.54) is 0 Å². The van der Waals surface area contributed by atoms with Crippen LogP contribution in [0.4, 0.5) is 0 Å². The molecule has 4 nitrogen and oxygen atoms in total. The van der Waals surface area contributed by atoms with Crippen LogP contribution in [0, 0.1) is 11.3 Å². The van der Waals surface area contributed by atoms with Crippen molar-refractivity contribution < 1.29 is 15.0 Å². The molecule has 80 valence electrons. The summed E-state index contributed by atoms with van der Waals surface area (Å²) in [7, 11) is 0. The molecule has 2 rings (SSSR count). The molecular formula is C10H17NO3. The molecule has 1 aliphatic carbocycles. The Labute approximate surface area is 83.5 Å². The Morgan fingerprint density at radius 1 is 1.50 bits per heavy atom. The zero-order valence-corrected chi connectivity index (χ0v) is 8.28. The third-order valence-electron chi connectivity index (χ3n) is 3.64. The highest BCUT2D eigenvalue weighted by molar-refractivity contribution is 5.71. The average molecular weight is 199 g/mol. The highest BCUT2D eigenvalue weighted by Crippen LogP contribution is 2.51. The third kappa shape index (κ3) is 1.64. The van der Waals surface area contributed by atoms with Crippen LogP contribution < -0.4 is 0 Å². The van der Waals surface area contributed by atoms with Gasteiger partial charge >= 0.3 is 5.97 Å². The van der Waals surface area contributed by atoms with Gasteiger partial charge in [0.15, 0.2) is 0 Å². The summed E-state index contributed by atoms with van der Waals surface area (Å²) >= 11 is 0. The van der Waals surface area contributed by atoms with Crippen LogP contribution in [-0.4, -0.2) is 47.3 Å². The maximum Gasteiger partial charge on any atom is 0.306 e. The van der Waals surface area contributed by atoms with Crippen molar-refractivity contribution in [2.24, 2.45) is 11.3 Å². The Bertz CT molecular complexity index is 236. The predicted octanol–water partition coefficient (Wildman–Crippen LogP) is 0.165. The predicted molar refractivity (Wildman–Crippen MR) is 50.9 cm³/mol. The quantitative estimate of drug-likeness (QED) is 0.680. The monoisotopic (exact) mass is 199 g/mol. The van der Waals surface area contributed by atoms with E-state index < -0.39 is 5.97 Å². The van der Waals surface area contributed by atoms with Crippen LogP contribution >= 0.6 is 0 Å². The second kappa shape index (κ2) is 3.51. The molecule has 1 aliphatic heterocycles. The normalized spacial score (nSPS) is 37.4. The molecule has 0 aromatic carbocycles. The summed E-state index contributed by atoms with van der Waals surface area (Å²) in [6.07, 6.45) is 2.78. The number of carbonyl (C=O) groups is 1. The Morgan fingerprint density at radius 3 is 2.79 bits per heavy atom. The van der Waals surface area contributed by atoms with Crippen molar-refractivity contribution in [1.82, 2.24) is 4.90 Å². The first kappa shape index (κ1) is 9.93. The lowest BCUT2D eigenvalue weighted by Crippen LogP contribution is -2.43. The first-order valence-electron chi connectivity index (χ1n) is 5.21. The van der Waals surface area contributed by atoms with E-state index in [2.05, 4.69) is 4.90 Å². The van der Waals surface area contributed by atoms with Crippen LogP contribution in [0.3, 0.4) is 0 Å². The molecule has 2 N–H and O–H groups in total. The van der Waals surface area contributed by atoms with Crippen molar-refractivity contribution in [2.75, 3.05) is 26.2 Å². The second-order valence-corrected chi connectivity index (χ2v) is 4.69. The number of aliphatic carboxylic acids is 1. The summed E-state index contributed by atoms with van der Waals surface area (Å²) in [5.74, 6) is -0.750. The van der Waals surface area contributed by atoms with E-state index in [0.717, 1.165) is 38.9 Å². The van der Waals surface area contributed by atoms with Gasteiger partial charge in [0.1, 0.15) is 0 Å². The third-order valence-corrected chi connectivity index (χ3v) is 3.64. The molecule has 1 saturated carbocycles. The maximum atomic E-state index is 10.7. The van der Waals surface area contributed by atoms with Crippen molar-refractivity contribution in [3.63, 3.8) is 0 Å². The summed E-state index contributed by atoms with van der Waals surface area (Å²) in [5, 5.41) is 17.6. The van der Waals surface area contributed by atoms with Crippen molar-refractivity contribution in [2.45, 2.75) is 19.3 Å². The Kier molecular flexibility index (Phi) is 2.49. The number of hydrogen-bond acceptors (Lipinski definition) is 3. The number of β-amino-alcohol motifs (C(OH)–C–C–N with tert-alkyl or cyclic N) is 1. The molecular weight excluding hydrogens is 182 g/mol. The van der Waals surface area contributed by atoms with Gasteiger partial charge in [-0.1, -0.05) is 0 Å². The van der Waals surface area contributed by atoms with Crippen LogP contribution in [0.15, 0.2) is 0 Å². The molecule has 1 saturated heterocycles. The van der Waals surface area contributed by atoms with E-state index in [1.54, 1.807) is 0 Å². The minimum absolute atomic E-state index is 0.107.